The van der Waals surface area contributed by atoms with Crippen molar-refractivity contribution in [1.29, 1.82) is 0 Å². The van der Waals surface area contributed by atoms with Gasteiger partial charge in [0, 0.05) is 18.3 Å². The average Bonchev–Trinajstić information content (AvgIpc) is 2.61. The van der Waals surface area contributed by atoms with Crippen LogP contribution < -0.4 is 5.32 Å². The molecule has 1 aromatic carbocycles. The fourth-order valence-electron chi connectivity index (χ4n) is 1.78. The van der Waals surface area contributed by atoms with Gasteiger partial charge in [-0.1, -0.05) is 23.6 Å². The molecule has 0 aliphatic rings. The molecule has 0 fully saturated rings. The van der Waals surface area contributed by atoms with E-state index in [1.165, 1.54) is 0 Å². The normalized spacial score (nSPS) is 10.1. The zero-order valence-electron chi connectivity index (χ0n) is 10.4. The summed E-state index contributed by atoms with van der Waals surface area (Å²) < 4.78 is 1.79. The van der Waals surface area contributed by atoms with Crippen molar-refractivity contribution in [2.75, 3.05) is 5.32 Å². The van der Waals surface area contributed by atoms with Crippen molar-refractivity contribution in [1.82, 2.24) is 9.78 Å². The van der Waals surface area contributed by atoms with Crippen LogP contribution in [0, 0.1) is 19.3 Å². The largest absolute Gasteiger partial charge is 0.379 e. The van der Waals surface area contributed by atoms with Crippen LogP contribution in [-0.2, 0) is 13.6 Å². The van der Waals surface area contributed by atoms with E-state index >= 15 is 0 Å². The maximum Gasteiger partial charge on any atom is 0.0865 e. The van der Waals surface area contributed by atoms with Crippen molar-refractivity contribution in [2.45, 2.75) is 13.5 Å². The highest BCUT2D eigenvalue weighted by atomic mass is 35.5. The van der Waals surface area contributed by atoms with Gasteiger partial charge in [-0.15, -0.1) is 6.42 Å². The number of terminal acetylenes is 1. The van der Waals surface area contributed by atoms with Crippen molar-refractivity contribution in [2.24, 2.45) is 7.05 Å². The Kier molecular flexibility index (Phi) is 3.59. The lowest BCUT2D eigenvalue weighted by atomic mass is 10.2. The Balaban J connectivity index is 2.14. The molecule has 0 spiro atoms. The molecule has 0 bridgehead atoms. The predicted molar refractivity (Wildman–Crippen MR) is 74.7 cm³/mol. The number of hydrogen-bond acceptors (Lipinski definition) is 2. The second-order valence-corrected chi connectivity index (χ2v) is 4.43. The minimum Gasteiger partial charge on any atom is -0.379 e. The highest BCUT2D eigenvalue weighted by molar-refractivity contribution is 6.31. The third-order valence-corrected chi connectivity index (χ3v) is 3.24. The van der Waals surface area contributed by atoms with E-state index in [4.69, 9.17) is 18.0 Å². The van der Waals surface area contributed by atoms with Crippen molar-refractivity contribution >= 4 is 17.3 Å². The zero-order chi connectivity index (χ0) is 13.1. The van der Waals surface area contributed by atoms with E-state index in [1.54, 1.807) is 4.68 Å². The van der Waals surface area contributed by atoms with Crippen LogP contribution in [0.5, 0.6) is 0 Å². The first-order chi connectivity index (χ1) is 8.61. The molecule has 0 saturated carbocycles. The molecule has 0 aliphatic heterocycles. The summed E-state index contributed by atoms with van der Waals surface area (Å²) in [5, 5.41) is 8.27. The van der Waals surface area contributed by atoms with Crippen molar-refractivity contribution in [3.05, 3.63) is 46.2 Å². The van der Waals surface area contributed by atoms with Crippen LogP contribution in [0.15, 0.2) is 24.3 Å². The molecule has 2 aromatic rings. The van der Waals surface area contributed by atoms with E-state index in [9.17, 15) is 0 Å². The van der Waals surface area contributed by atoms with E-state index in [2.05, 4.69) is 16.3 Å². The van der Waals surface area contributed by atoms with E-state index in [-0.39, 0.29) is 0 Å². The molecule has 0 amide bonds. The summed E-state index contributed by atoms with van der Waals surface area (Å²) in [4.78, 5) is 0. The zero-order valence-corrected chi connectivity index (χ0v) is 11.1. The molecule has 1 heterocycles. The van der Waals surface area contributed by atoms with Gasteiger partial charge >= 0.3 is 0 Å². The smallest absolute Gasteiger partial charge is 0.0865 e. The van der Waals surface area contributed by atoms with Crippen LogP contribution in [-0.4, -0.2) is 9.78 Å². The maximum atomic E-state index is 6.18. The molecule has 2 rings (SSSR count). The molecule has 1 N–H and O–H groups in total. The Morgan fingerprint density at radius 1 is 1.50 bits per heavy atom. The summed E-state index contributed by atoms with van der Waals surface area (Å²) in [6.45, 7) is 2.51. The highest BCUT2D eigenvalue weighted by Gasteiger charge is 2.10. The molecule has 1 aromatic heterocycles. The SMILES string of the molecule is C#Cc1cccc(NCc2c(Cl)c(C)nn2C)c1. The van der Waals surface area contributed by atoms with Crippen LogP contribution in [0.3, 0.4) is 0 Å². The lowest BCUT2D eigenvalue weighted by molar-refractivity contribution is 0.713. The van der Waals surface area contributed by atoms with Crippen LogP contribution in [0.1, 0.15) is 17.0 Å². The van der Waals surface area contributed by atoms with Crippen LogP contribution in [0.4, 0.5) is 5.69 Å². The van der Waals surface area contributed by atoms with Crippen LogP contribution >= 0.6 is 11.6 Å². The van der Waals surface area contributed by atoms with Gasteiger partial charge in [-0.3, -0.25) is 4.68 Å². The van der Waals surface area contributed by atoms with Gasteiger partial charge in [0.25, 0.3) is 0 Å². The molecule has 0 saturated heterocycles. The van der Waals surface area contributed by atoms with Crippen LogP contribution in [0.2, 0.25) is 5.02 Å². The van der Waals surface area contributed by atoms with Gasteiger partial charge in [-0.25, -0.2) is 0 Å². The van der Waals surface area contributed by atoms with Gasteiger partial charge in [0.15, 0.2) is 0 Å². The first-order valence-corrected chi connectivity index (χ1v) is 5.98. The average molecular weight is 260 g/mol. The number of anilines is 1. The second-order valence-electron chi connectivity index (χ2n) is 4.05. The van der Waals surface area contributed by atoms with E-state index in [0.717, 1.165) is 22.6 Å². The minimum absolute atomic E-state index is 0.615. The summed E-state index contributed by atoms with van der Waals surface area (Å²) in [5.74, 6) is 2.61. The Labute approximate surface area is 112 Å². The van der Waals surface area contributed by atoms with Gasteiger partial charge in [-0.2, -0.15) is 5.10 Å². The lowest BCUT2D eigenvalue weighted by Crippen LogP contribution is -2.06. The molecule has 0 aliphatic carbocycles. The highest BCUT2D eigenvalue weighted by Crippen LogP contribution is 2.20. The number of rotatable bonds is 3. The third-order valence-electron chi connectivity index (χ3n) is 2.75. The van der Waals surface area contributed by atoms with Gasteiger partial charge in [0.2, 0.25) is 0 Å². The second kappa shape index (κ2) is 5.16. The van der Waals surface area contributed by atoms with Crippen molar-refractivity contribution < 1.29 is 0 Å². The molecule has 3 nitrogen and oxygen atoms in total. The summed E-state index contributed by atoms with van der Waals surface area (Å²) in [6.07, 6.45) is 5.36. The standard InChI is InChI=1S/C14H14ClN3/c1-4-11-6-5-7-12(8-11)16-9-13-14(15)10(2)17-18(13)3/h1,5-8,16H,9H2,2-3H3. The maximum absolute atomic E-state index is 6.18. The molecule has 0 atom stereocenters. The molecular formula is C14H14ClN3. The summed E-state index contributed by atoms with van der Waals surface area (Å²) >= 11 is 6.18. The number of halogens is 1. The lowest BCUT2D eigenvalue weighted by Gasteiger charge is -2.07. The molecule has 0 unspecified atom stereocenters. The first-order valence-electron chi connectivity index (χ1n) is 5.60. The minimum atomic E-state index is 0.615. The Bertz CT molecular complexity index is 608. The Hall–Kier alpha value is -1.92. The first kappa shape index (κ1) is 12.5. The van der Waals surface area contributed by atoms with Gasteiger partial charge < -0.3 is 5.32 Å². The molecule has 18 heavy (non-hydrogen) atoms. The topological polar surface area (TPSA) is 29.9 Å². The molecule has 4 heteroatoms. The Morgan fingerprint density at radius 3 is 2.89 bits per heavy atom. The predicted octanol–water partition coefficient (Wildman–Crippen LogP) is 2.98. The van der Waals surface area contributed by atoms with E-state index in [1.807, 2.05) is 38.2 Å². The quantitative estimate of drug-likeness (QED) is 0.859. The third kappa shape index (κ3) is 2.49. The van der Waals surface area contributed by atoms with Gasteiger partial charge in [0.05, 0.1) is 23.0 Å². The van der Waals surface area contributed by atoms with E-state index < -0.39 is 0 Å². The number of nitrogens with one attached hydrogen (secondary N) is 1. The van der Waals surface area contributed by atoms with Gasteiger partial charge in [0.1, 0.15) is 0 Å². The Morgan fingerprint density at radius 2 is 2.28 bits per heavy atom. The van der Waals surface area contributed by atoms with Gasteiger partial charge in [-0.05, 0) is 25.1 Å². The number of hydrogen-bond donors (Lipinski definition) is 1. The number of nitrogens with zero attached hydrogens (tertiary/aromatic N) is 2. The molecule has 92 valence electrons. The summed E-state index contributed by atoms with van der Waals surface area (Å²) in [7, 11) is 1.88. The van der Waals surface area contributed by atoms with Crippen LogP contribution in [0.25, 0.3) is 0 Å². The fraction of sp³-hybridized carbons (Fsp3) is 0.214. The number of aromatic nitrogens is 2. The van der Waals surface area contributed by atoms with E-state index in [0.29, 0.717) is 11.6 Å². The fourth-order valence-corrected chi connectivity index (χ4v) is 2.00. The summed E-state index contributed by atoms with van der Waals surface area (Å²) in [6, 6.07) is 7.72. The number of aryl methyl sites for hydroxylation is 2. The molecular weight excluding hydrogens is 246 g/mol. The van der Waals surface area contributed by atoms with Crippen molar-refractivity contribution in [3.8, 4) is 12.3 Å². The molecule has 0 radical (unpaired) electrons. The summed E-state index contributed by atoms with van der Waals surface area (Å²) in [5.41, 5.74) is 3.63. The number of benzene rings is 1. The monoisotopic (exact) mass is 259 g/mol. The van der Waals surface area contributed by atoms with Crippen molar-refractivity contribution in [3.63, 3.8) is 0 Å².